The van der Waals surface area contributed by atoms with Crippen LogP contribution >= 0.6 is 58.4 Å². The fourth-order valence-corrected chi connectivity index (χ4v) is 6.21. The molecule has 7 rings (SSSR count). The minimum absolute atomic E-state index is 0.0312. The number of thiazole rings is 1. The molecule has 4 aromatic carbocycles. The molecule has 0 atom stereocenters. The molecule has 7 aromatic rings. The Balaban J connectivity index is 0.000000188. The molecule has 0 spiro atoms. The smallest absolute Gasteiger partial charge is 0.162 e. The minimum Gasteiger partial charge on any atom is -0.397 e. The van der Waals surface area contributed by atoms with Crippen LogP contribution in [0.15, 0.2) is 115 Å². The molecule has 264 valence electrons. The Hall–Kier alpha value is -4.16. The van der Waals surface area contributed by atoms with Crippen LogP contribution in [0.5, 0.6) is 0 Å². The lowest BCUT2D eigenvalue weighted by Crippen LogP contribution is -2.09. The van der Waals surface area contributed by atoms with Crippen molar-refractivity contribution < 1.29 is 9.90 Å². The highest BCUT2D eigenvalue weighted by Crippen LogP contribution is 2.25. The van der Waals surface area contributed by atoms with E-state index in [1.165, 1.54) is 11.1 Å². The fraction of sp³-hybridized carbons (Fsp3) is 0.184. The van der Waals surface area contributed by atoms with Crippen LogP contribution in [0.25, 0.3) is 32.6 Å². The van der Waals surface area contributed by atoms with Crippen LogP contribution in [0.3, 0.4) is 0 Å². The first kappa shape index (κ1) is 39.6. The summed E-state index contributed by atoms with van der Waals surface area (Å²) in [4.78, 5) is 23.7. The van der Waals surface area contributed by atoms with Gasteiger partial charge in [-0.2, -0.15) is 0 Å². The molecule has 0 aliphatic heterocycles. The SMILES string of the molecule is CCO.ClCc1csc(-c2ccc(Cn3cnc4ccccc43)cc2)n1.NC(=S)c1ccc(Cn2cnc3ccccc32)cc1.O=C(CCl)CCl. The van der Waals surface area contributed by atoms with Gasteiger partial charge in [0.25, 0.3) is 0 Å². The van der Waals surface area contributed by atoms with E-state index in [1.54, 1.807) is 18.3 Å². The van der Waals surface area contributed by atoms with Gasteiger partial charge in [-0.25, -0.2) is 15.0 Å². The first-order valence-electron chi connectivity index (χ1n) is 15.8. The van der Waals surface area contributed by atoms with Crippen LogP contribution in [-0.4, -0.2) is 58.3 Å². The van der Waals surface area contributed by atoms with E-state index in [-0.39, 0.29) is 24.2 Å². The second kappa shape index (κ2) is 20.6. The number of aromatic nitrogens is 5. The number of aliphatic hydroxyl groups excluding tert-OH is 1. The molecule has 3 heterocycles. The molecule has 0 amide bonds. The first-order chi connectivity index (χ1) is 24.8. The van der Waals surface area contributed by atoms with Crippen LogP contribution in [0.1, 0.15) is 29.3 Å². The second-order valence-electron chi connectivity index (χ2n) is 10.9. The van der Waals surface area contributed by atoms with E-state index in [2.05, 4.69) is 60.5 Å². The summed E-state index contributed by atoms with van der Waals surface area (Å²) in [6.45, 7) is 3.53. The summed E-state index contributed by atoms with van der Waals surface area (Å²) in [5.74, 6) is 0.397. The van der Waals surface area contributed by atoms with E-state index in [0.717, 1.165) is 57.0 Å². The van der Waals surface area contributed by atoms with Crippen LogP contribution in [0.4, 0.5) is 0 Å². The van der Waals surface area contributed by atoms with Crippen molar-refractivity contribution in [1.29, 1.82) is 0 Å². The van der Waals surface area contributed by atoms with Crippen molar-refractivity contribution in [3.05, 3.63) is 137 Å². The van der Waals surface area contributed by atoms with Gasteiger partial charge in [-0.15, -0.1) is 46.1 Å². The van der Waals surface area contributed by atoms with Gasteiger partial charge in [0.15, 0.2) is 5.78 Å². The van der Waals surface area contributed by atoms with Gasteiger partial charge in [-0.1, -0.05) is 85.0 Å². The molecular weight excluding hydrogens is 743 g/mol. The number of Topliss-reactive ketones (excluding diaryl/α,β-unsaturated/α-hetero) is 1. The normalized spacial score (nSPS) is 10.4. The number of hydrogen-bond donors (Lipinski definition) is 2. The summed E-state index contributed by atoms with van der Waals surface area (Å²) in [5, 5.41) is 10.6. The number of thiocarbonyl (C=S) groups is 1. The molecular formula is C38H37Cl3N6O2S2. The van der Waals surface area contributed by atoms with Crippen LogP contribution in [0.2, 0.25) is 0 Å². The third-order valence-electron chi connectivity index (χ3n) is 7.19. The highest BCUT2D eigenvalue weighted by molar-refractivity contribution is 7.80. The maximum absolute atomic E-state index is 9.92. The van der Waals surface area contributed by atoms with Gasteiger partial charge < -0.3 is 20.0 Å². The molecule has 0 radical (unpaired) electrons. The van der Waals surface area contributed by atoms with E-state index in [0.29, 0.717) is 10.9 Å². The Kier molecular flexibility index (Phi) is 16.0. The Morgan fingerprint density at radius 1 is 0.784 bits per heavy atom. The predicted octanol–water partition coefficient (Wildman–Crippen LogP) is 8.70. The molecule has 0 fully saturated rings. The average Bonchev–Trinajstić information content (AvgIpc) is 3.92. The lowest BCUT2D eigenvalue weighted by atomic mass is 10.1. The topological polar surface area (TPSA) is 112 Å². The van der Waals surface area contributed by atoms with Gasteiger partial charge in [0.2, 0.25) is 0 Å². The maximum atomic E-state index is 9.92. The highest BCUT2D eigenvalue weighted by Gasteiger charge is 2.07. The maximum Gasteiger partial charge on any atom is 0.162 e. The lowest BCUT2D eigenvalue weighted by Gasteiger charge is -2.05. The number of fused-ring (bicyclic) bond motifs is 2. The number of alkyl halides is 3. The summed E-state index contributed by atoms with van der Waals surface area (Å²) < 4.78 is 4.30. The summed E-state index contributed by atoms with van der Waals surface area (Å²) >= 11 is 22.4. The zero-order chi connectivity index (χ0) is 36.6. The minimum atomic E-state index is -0.127. The van der Waals surface area contributed by atoms with Crippen molar-refractivity contribution >= 4 is 91.2 Å². The van der Waals surface area contributed by atoms with E-state index in [9.17, 15) is 4.79 Å². The zero-order valence-electron chi connectivity index (χ0n) is 27.8. The van der Waals surface area contributed by atoms with Gasteiger partial charge >= 0.3 is 0 Å². The van der Waals surface area contributed by atoms with Gasteiger partial charge in [0.1, 0.15) is 10.00 Å². The second-order valence-corrected chi connectivity index (χ2v) is 13.0. The number of carbonyl (C=O) groups is 1. The van der Waals surface area contributed by atoms with E-state index in [4.69, 9.17) is 57.9 Å². The Morgan fingerprint density at radius 2 is 1.25 bits per heavy atom. The molecule has 0 unspecified atom stereocenters. The van der Waals surface area contributed by atoms with Crippen LogP contribution < -0.4 is 5.73 Å². The quantitative estimate of drug-likeness (QED) is 0.111. The number of nitrogens with zero attached hydrogens (tertiary/aromatic N) is 5. The number of imidazole rings is 2. The summed E-state index contributed by atoms with van der Waals surface area (Å²) in [6, 6.07) is 32.8. The molecule has 0 saturated heterocycles. The largest absolute Gasteiger partial charge is 0.397 e. The standard InChI is InChI=1S/C18H14ClN3S.C15H13N3S.C3H4Cl2O.C2H6O/c19-9-15-11-23-18(21-15)14-7-5-13(6-8-14)10-22-12-20-16-3-1-2-4-17(16)22;16-15(19)12-7-5-11(6-8-12)9-18-10-17-13-3-1-2-4-14(13)18;4-1-3(6)2-5;1-2-3/h1-8,11-12H,9-10H2;1-8,10H,9H2,(H2,16,19);1-2H2;3H,2H2,1H3. The lowest BCUT2D eigenvalue weighted by molar-refractivity contribution is -0.114. The van der Waals surface area contributed by atoms with E-state index < -0.39 is 0 Å². The summed E-state index contributed by atoms with van der Waals surface area (Å²) in [5.41, 5.74) is 15.3. The number of hydrogen-bond acceptors (Lipinski definition) is 7. The molecule has 3 aromatic heterocycles. The van der Waals surface area contributed by atoms with Crippen LogP contribution in [-0.2, 0) is 23.8 Å². The van der Waals surface area contributed by atoms with Crippen molar-refractivity contribution in [2.75, 3.05) is 18.4 Å². The van der Waals surface area contributed by atoms with Gasteiger partial charge in [-0.05, 0) is 42.3 Å². The van der Waals surface area contributed by atoms with E-state index >= 15 is 0 Å². The zero-order valence-corrected chi connectivity index (χ0v) is 31.7. The Morgan fingerprint density at radius 3 is 1.67 bits per heavy atom. The van der Waals surface area contributed by atoms with Gasteiger partial charge in [0, 0.05) is 36.2 Å². The predicted molar refractivity (Wildman–Crippen MR) is 216 cm³/mol. The van der Waals surface area contributed by atoms with Gasteiger partial charge in [0.05, 0.1) is 58.1 Å². The van der Waals surface area contributed by atoms with Crippen molar-refractivity contribution in [3.8, 4) is 10.6 Å². The molecule has 51 heavy (non-hydrogen) atoms. The number of carbonyl (C=O) groups excluding carboxylic acids is 1. The van der Waals surface area contributed by atoms with Crippen LogP contribution in [0, 0.1) is 0 Å². The number of para-hydroxylation sites is 4. The molecule has 0 bridgehead atoms. The molecule has 13 heteroatoms. The summed E-state index contributed by atoms with van der Waals surface area (Å²) in [7, 11) is 0. The molecule has 0 saturated carbocycles. The molecule has 3 N–H and O–H groups in total. The number of rotatable bonds is 9. The van der Waals surface area contributed by atoms with Crippen molar-refractivity contribution in [3.63, 3.8) is 0 Å². The van der Waals surface area contributed by atoms with Crippen molar-refractivity contribution in [2.45, 2.75) is 25.9 Å². The molecule has 8 nitrogen and oxygen atoms in total. The third kappa shape index (κ3) is 11.7. The number of halogens is 3. The number of ketones is 1. The number of aliphatic hydroxyl groups is 1. The first-order valence-corrected chi connectivity index (χ1v) is 18.7. The highest BCUT2D eigenvalue weighted by atomic mass is 35.5. The summed E-state index contributed by atoms with van der Waals surface area (Å²) in [6.07, 6.45) is 3.76. The van der Waals surface area contributed by atoms with E-state index in [1.807, 2.05) is 78.7 Å². The molecule has 0 aliphatic carbocycles. The fourth-order valence-electron chi connectivity index (χ4n) is 4.73. The number of nitrogens with two attached hydrogens (primary N) is 1. The average molecular weight is 780 g/mol. The number of benzene rings is 4. The Labute approximate surface area is 321 Å². The molecule has 0 aliphatic rings. The van der Waals surface area contributed by atoms with Crippen molar-refractivity contribution in [1.82, 2.24) is 24.1 Å². The monoisotopic (exact) mass is 778 g/mol. The Bertz CT molecular complexity index is 2120. The van der Waals surface area contributed by atoms with Gasteiger partial charge in [-0.3, -0.25) is 4.79 Å². The third-order valence-corrected chi connectivity index (χ3v) is 9.23. The van der Waals surface area contributed by atoms with Crippen molar-refractivity contribution in [2.24, 2.45) is 5.73 Å².